The number of fused-ring (bicyclic) bond motifs is 1. The molecule has 0 amide bonds. The van der Waals surface area contributed by atoms with Crippen molar-refractivity contribution in [2.45, 2.75) is 186 Å². The van der Waals surface area contributed by atoms with Crippen molar-refractivity contribution in [3.63, 3.8) is 0 Å². The van der Waals surface area contributed by atoms with Crippen LogP contribution in [0.25, 0.3) is 10.8 Å². The Morgan fingerprint density at radius 3 is 1.19 bits per heavy atom. The summed E-state index contributed by atoms with van der Waals surface area (Å²) in [6, 6.07) is 9.86. The van der Waals surface area contributed by atoms with E-state index in [1.807, 2.05) is 24.3 Å². The molecular formula is C38H64O3S. The van der Waals surface area contributed by atoms with E-state index in [0.717, 1.165) is 36.6 Å². The summed E-state index contributed by atoms with van der Waals surface area (Å²) in [4.78, 5) is 0.139. The van der Waals surface area contributed by atoms with Gasteiger partial charge in [0.05, 0.1) is 0 Å². The summed E-state index contributed by atoms with van der Waals surface area (Å²) in [6.45, 7) is 4.54. The lowest BCUT2D eigenvalue weighted by Gasteiger charge is -2.15. The maximum absolute atomic E-state index is 12.5. The predicted molar refractivity (Wildman–Crippen MR) is 183 cm³/mol. The number of benzene rings is 2. The highest BCUT2D eigenvalue weighted by atomic mass is 32.2. The van der Waals surface area contributed by atoms with Gasteiger partial charge < -0.3 is 0 Å². The Hall–Kier alpha value is -1.39. The van der Waals surface area contributed by atoms with Crippen molar-refractivity contribution in [3.8, 4) is 0 Å². The lowest BCUT2D eigenvalue weighted by atomic mass is 9.94. The van der Waals surface area contributed by atoms with Gasteiger partial charge in [-0.25, -0.2) is 0 Å². The van der Waals surface area contributed by atoms with Crippen molar-refractivity contribution in [3.05, 3.63) is 41.5 Å². The molecule has 3 nitrogen and oxygen atoms in total. The lowest BCUT2D eigenvalue weighted by Crippen LogP contribution is -2.06. The third kappa shape index (κ3) is 15.4. The zero-order chi connectivity index (χ0) is 30.3. The quantitative estimate of drug-likeness (QED) is 0.0819. The van der Waals surface area contributed by atoms with Crippen LogP contribution in [0.4, 0.5) is 0 Å². The van der Waals surface area contributed by atoms with Gasteiger partial charge in [-0.2, -0.15) is 8.42 Å². The molecule has 240 valence electrons. The highest BCUT2D eigenvalue weighted by Gasteiger charge is 2.21. The SMILES string of the molecule is CCCCCCCCCCCCCCc1cc(CCCCCCCCCCCCCC)c2ccccc2c1S(=O)(=O)O. The molecule has 0 unspecified atom stereocenters. The van der Waals surface area contributed by atoms with Gasteiger partial charge in [0, 0.05) is 5.39 Å². The number of unbranched alkanes of at least 4 members (excludes halogenated alkanes) is 22. The zero-order valence-corrected chi connectivity index (χ0v) is 28.3. The second-order valence-corrected chi connectivity index (χ2v) is 14.2. The van der Waals surface area contributed by atoms with Crippen LogP contribution in [0.2, 0.25) is 0 Å². The fourth-order valence-electron chi connectivity index (χ4n) is 6.50. The van der Waals surface area contributed by atoms with E-state index in [9.17, 15) is 13.0 Å². The summed E-state index contributed by atoms with van der Waals surface area (Å²) in [5, 5.41) is 1.66. The average Bonchev–Trinajstić information content (AvgIpc) is 2.97. The maximum atomic E-state index is 12.5. The van der Waals surface area contributed by atoms with Gasteiger partial charge in [-0.3, -0.25) is 4.55 Å². The minimum absolute atomic E-state index is 0.139. The molecule has 0 fully saturated rings. The van der Waals surface area contributed by atoms with Crippen LogP contribution in [-0.2, 0) is 23.0 Å². The van der Waals surface area contributed by atoms with Gasteiger partial charge in [0.2, 0.25) is 0 Å². The van der Waals surface area contributed by atoms with Gasteiger partial charge in [-0.1, -0.05) is 185 Å². The minimum atomic E-state index is -4.29. The second kappa shape index (κ2) is 23.1. The number of aryl methyl sites for hydroxylation is 2. The van der Waals surface area contributed by atoms with E-state index in [2.05, 4.69) is 19.9 Å². The highest BCUT2D eigenvalue weighted by Crippen LogP contribution is 2.32. The van der Waals surface area contributed by atoms with Crippen LogP contribution >= 0.6 is 0 Å². The van der Waals surface area contributed by atoms with Gasteiger partial charge in [0.25, 0.3) is 10.1 Å². The maximum Gasteiger partial charge on any atom is 0.295 e. The molecule has 0 aromatic heterocycles. The van der Waals surface area contributed by atoms with Crippen molar-refractivity contribution in [2.24, 2.45) is 0 Å². The molecule has 2 aromatic rings. The molecule has 2 aromatic carbocycles. The summed E-state index contributed by atoms with van der Waals surface area (Å²) in [5.74, 6) is 0. The van der Waals surface area contributed by atoms with E-state index in [-0.39, 0.29) is 4.90 Å². The third-order valence-corrected chi connectivity index (χ3v) is 10.0. The molecular weight excluding hydrogens is 536 g/mol. The Kier molecular flexibility index (Phi) is 20.2. The molecule has 0 saturated heterocycles. The normalized spacial score (nSPS) is 12.0. The van der Waals surface area contributed by atoms with Crippen LogP contribution in [0, 0.1) is 0 Å². The summed E-state index contributed by atoms with van der Waals surface area (Å²) in [6.07, 6.45) is 33.0. The van der Waals surface area contributed by atoms with Crippen molar-refractivity contribution in [1.82, 2.24) is 0 Å². The topological polar surface area (TPSA) is 54.4 Å². The van der Waals surface area contributed by atoms with Crippen molar-refractivity contribution in [2.75, 3.05) is 0 Å². The molecule has 4 heteroatoms. The van der Waals surface area contributed by atoms with Crippen LogP contribution in [0.3, 0.4) is 0 Å². The molecule has 42 heavy (non-hydrogen) atoms. The van der Waals surface area contributed by atoms with Crippen LogP contribution in [0.15, 0.2) is 35.2 Å². The molecule has 0 aliphatic rings. The fraction of sp³-hybridized carbons (Fsp3) is 0.737. The lowest BCUT2D eigenvalue weighted by molar-refractivity contribution is 0.482. The van der Waals surface area contributed by atoms with Crippen LogP contribution in [0.1, 0.15) is 179 Å². The Morgan fingerprint density at radius 1 is 0.476 bits per heavy atom. The van der Waals surface area contributed by atoms with Crippen molar-refractivity contribution in [1.29, 1.82) is 0 Å². The highest BCUT2D eigenvalue weighted by molar-refractivity contribution is 7.86. The van der Waals surface area contributed by atoms with Crippen LogP contribution in [0.5, 0.6) is 0 Å². The molecule has 0 saturated carbocycles. The number of rotatable bonds is 27. The summed E-state index contributed by atoms with van der Waals surface area (Å²) >= 11 is 0. The first-order valence-electron chi connectivity index (χ1n) is 18.0. The Bertz CT molecular complexity index is 1060. The molecule has 0 atom stereocenters. The third-order valence-electron chi connectivity index (χ3n) is 9.02. The van der Waals surface area contributed by atoms with Crippen LogP contribution < -0.4 is 0 Å². The standard InChI is InChI=1S/C38H64O3S/c1-3-5-7-9-11-13-15-17-19-21-23-25-29-34-33-35(38(42(39,40)41)37-32-28-27-31-36(34)37)30-26-24-22-20-18-16-14-12-10-8-6-4-2/h27-28,31-33H,3-26,29-30H2,1-2H3,(H,39,40,41). The Morgan fingerprint density at radius 2 is 0.810 bits per heavy atom. The minimum Gasteiger partial charge on any atom is -0.282 e. The number of hydrogen-bond donors (Lipinski definition) is 1. The van der Waals surface area contributed by atoms with Gasteiger partial charge in [0.15, 0.2) is 0 Å². The van der Waals surface area contributed by atoms with Gasteiger partial charge >= 0.3 is 0 Å². The first-order chi connectivity index (χ1) is 20.5. The van der Waals surface area contributed by atoms with Crippen molar-refractivity contribution < 1.29 is 13.0 Å². The monoisotopic (exact) mass is 600 g/mol. The summed E-state index contributed by atoms with van der Waals surface area (Å²) in [7, 11) is -4.29. The molecule has 1 N–H and O–H groups in total. The molecule has 0 radical (unpaired) electrons. The van der Waals surface area contributed by atoms with Crippen LogP contribution in [-0.4, -0.2) is 13.0 Å². The zero-order valence-electron chi connectivity index (χ0n) is 27.4. The molecule has 2 rings (SSSR count). The van der Waals surface area contributed by atoms with E-state index in [1.54, 1.807) is 0 Å². The van der Waals surface area contributed by atoms with E-state index in [1.165, 1.54) is 140 Å². The van der Waals surface area contributed by atoms with Gasteiger partial charge in [0.1, 0.15) is 4.90 Å². The predicted octanol–water partition coefficient (Wildman–Crippen LogP) is 12.6. The molecule has 0 aliphatic carbocycles. The molecule has 0 heterocycles. The smallest absolute Gasteiger partial charge is 0.282 e. The molecule has 0 aliphatic heterocycles. The van der Waals surface area contributed by atoms with E-state index >= 15 is 0 Å². The Labute approximate surface area is 260 Å². The summed E-state index contributed by atoms with van der Waals surface area (Å²) < 4.78 is 35.3. The molecule has 0 spiro atoms. The van der Waals surface area contributed by atoms with Gasteiger partial charge in [-0.15, -0.1) is 0 Å². The van der Waals surface area contributed by atoms with E-state index < -0.39 is 10.1 Å². The Balaban J connectivity index is 1.80. The van der Waals surface area contributed by atoms with E-state index in [4.69, 9.17) is 0 Å². The molecule has 0 bridgehead atoms. The van der Waals surface area contributed by atoms with Gasteiger partial charge in [-0.05, 0) is 42.2 Å². The van der Waals surface area contributed by atoms with E-state index in [0.29, 0.717) is 11.8 Å². The second-order valence-electron chi connectivity index (χ2n) is 12.8. The fourth-order valence-corrected chi connectivity index (χ4v) is 7.45. The average molecular weight is 601 g/mol. The largest absolute Gasteiger partial charge is 0.295 e. The first-order valence-corrected chi connectivity index (χ1v) is 19.4. The van der Waals surface area contributed by atoms with Crippen molar-refractivity contribution >= 4 is 20.9 Å². The summed E-state index contributed by atoms with van der Waals surface area (Å²) in [5.41, 5.74) is 2.04. The number of hydrogen-bond acceptors (Lipinski definition) is 2. The first kappa shape index (κ1) is 36.8.